The molecule has 0 bridgehead atoms. The second kappa shape index (κ2) is 7.35. The minimum atomic E-state index is -3.55. The molecule has 0 aliphatic rings. The summed E-state index contributed by atoms with van der Waals surface area (Å²) in [7, 11) is -3.55. The summed E-state index contributed by atoms with van der Waals surface area (Å²) in [5.74, 6) is 10.9. The lowest BCUT2D eigenvalue weighted by Crippen LogP contribution is -2.32. The topological polar surface area (TPSA) is 37.4 Å². The molecule has 0 saturated carbocycles. The van der Waals surface area contributed by atoms with Crippen molar-refractivity contribution in [3.63, 3.8) is 0 Å². The van der Waals surface area contributed by atoms with Gasteiger partial charge >= 0.3 is 0 Å². The summed E-state index contributed by atoms with van der Waals surface area (Å²) in [6, 6.07) is 6.51. The van der Waals surface area contributed by atoms with Crippen LogP contribution in [0.3, 0.4) is 0 Å². The van der Waals surface area contributed by atoms with Gasteiger partial charge < -0.3 is 0 Å². The summed E-state index contributed by atoms with van der Waals surface area (Å²) in [6.45, 7) is 3.64. The fourth-order valence-corrected chi connectivity index (χ4v) is 2.83. The average Bonchev–Trinajstić information content (AvgIpc) is 2.39. The van der Waals surface area contributed by atoms with Crippen LogP contribution >= 0.6 is 15.9 Å². The van der Waals surface area contributed by atoms with Crippen molar-refractivity contribution >= 4 is 26.0 Å². The van der Waals surface area contributed by atoms with E-state index in [1.807, 2.05) is 0 Å². The van der Waals surface area contributed by atoms with E-state index in [0.29, 0.717) is 0 Å². The number of rotatable bonds is 4. The third kappa shape index (κ3) is 4.40. The maximum absolute atomic E-state index is 12.4. The molecule has 5 heteroatoms. The van der Waals surface area contributed by atoms with E-state index < -0.39 is 10.0 Å². The van der Waals surface area contributed by atoms with Crippen molar-refractivity contribution in [3.8, 4) is 23.7 Å². The maximum atomic E-state index is 12.4. The van der Waals surface area contributed by atoms with Crippen LogP contribution in [0.2, 0.25) is 0 Å². The molecule has 1 aromatic carbocycles. The molecule has 100 valence electrons. The number of halogens is 1. The smallest absolute Gasteiger partial charge is 0.207 e. The van der Waals surface area contributed by atoms with Crippen molar-refractivity contribution in [2.45, 2.75) is 18.7 Å². The predicted molar refractivity (Wildman–Crippen MR) is 79.8 cm³/mol. The van der Waals surface area contributed by atoms with Crippen LogP contribution in [0, 0.1) is 23.7 Å². The van der Waals surface area contributed by atoms with E-state index in [2.05, 4.69) is 39.6 Å². The molecule has 0 heterocycles. The predicted octanol–water partition coefficient (Wildman–Crippen LogP) is 2.49. The van der Waals surface area contributed by atoms with Crippen LogP contribution in [0.4, 0.5) is 0 Å². The van der Waals surface area contributed by atoms with Crippen LogP contribution in [-0.2, 0) is 10.0 Å². The van der Waals surface area contributed by atoms with Crippen LogP contribution in [0.15, 0.2) is 33.6 Å². The molecule has 0 unspecified atom stereocenters. The zero-order chi connectivity index (χ0) is 14.3. The van der Waals surface area contributed by atoms with Gasteiger partial charge in [-0.3, -0.25) is 0 Å². The molecule has 0 atom stereocenters. The highest BCUT2D eigenvalue weighted by Gasteiger charge is 2.22. The van der Waals surface area contributed by atoms with Crippen molar-refractivity contribution in [3.05, 3.63) is 28.7 Å². The van der Waals surface area contributed by atoms with Gasteiger partial charge in [-0.15, -0.1) is 11.8 Å². The monoisotopic (exact) mass is 339 g/mol. The second-order valence-electron chi connectivity index (χ2n) is 3.58. The third-order valence-corrected chi connectivity index (χ3v) is 4.65. The van der Waals surface area contributed by atoms with Crippen molar-refractivity contribution in [1.82, 2.24) is 4.31 Å². The summed E-state index contributed by atoms with van der Waals surface area (Å²) < 4.78 is 27.0. The molecular weight excluding hydrogens is 326 g/mol. The molecule has 0 amide bonds. The van der Waals surface area contributed by atoms with Crippen LogP contribution in [0.25, 0.3) is 0 Å². The minimum absolute atomic E-state index is 0.142. The fourth-order valence-electron chi connectivity index (χ4n) is 1.32. The summed E-state index contributed by atoms with van der Waals surface area (Å²) in [6.07, 6.45) is 0. The molecule has 0 radical (unpaired) electrons. The van der Waals surface area contributed by atoms with E-state index in [0.717, 1.165) is 4.47 Å². The third-order valence-electron chi connectivity index (χ3n) is 2.32. The molecular formula is C14H14BrNO2S. The second-order valence-corrected chi connectivity index (χ2v) is 6.43. The van der Waals surface area contributed by atoms with Gasteiger partial charge in [0.1, 0.15) is 0 Å². The van der Waals surface area contributed by atoms with E-state index >= 15 is 0 Å². The lowest BCUT2D eigenvalue weighted by molar-refractivity contribution is 0.482. The number of sulfonamides is 1. The van der Waals surface area contributed by atoms with Gasteiger partial charge in [-0.2, -0.15) is 4.31 Å². The molecule has 0 fully saturated rings. The molecule has 0 spiro atoms. The van der Waals surface area contributed by atoms with E-state index in [-0.39, 0.29) is 18.0 Å². The Bertz CT molecular complexity index is 621. The quantitative estimate of drug-likeness (QED) is 0.790. The highest BCUT2D eigenvalue weighted by Crippen LogP contribution is 2.18. The molecule has 19 heavy (non-hydrogen) atoms. The van der Waals surface area contributed by atoms with Crippen molar-refractivity contribution in [1.29, 1.82) is 0 Å². The van der Waals surface area contributed by atoms with Crippen LogP contribution in [0.5, 0.6) is 0 Å². The Balaban J connectivity index is 3.11. The molecule has 0 aliphatic heterocycles. The largest absolute Gasteiger partial charge is 0.244 e. The summed E-state index contributed by atoms with van der Waals surface area (Å²) in [5.41, 5.74) is 0. The lowest BCUT2D eigenvalue weighted by atomic mass is 10.4. The number of nitrogens with zero attached hydrogens (tertiary/aromatic N) is 1. The van der Waals surface area contributed by atoms with Gasteiger partial charge in [0.25, 0.3) is 0 Å². The molecule has 0 N–H and O–H groups in total. The van der Waals surface area contributed by atoms with Gasteiger partial charge in [0.05, 0.1) is 18.0 Å². The Kier molecular flexibility index (Phi) is 6.11. The van der Waals surface area contributed by atoms with E-state index in [1.165, 1.54) is 4.31 Å². The first-order valence-corrected chi connectivity index (χ1v) is 7.80. The zero-order valence-electron chi connectivity index (χ0n) is 10.8. The van der Waals surface area contributed by atoms with Gasteiger partial charge in [-0.05, 0) is 38.1 Å². The SMILES string of the molecule is CC#CCN(CC#CC)S(=O)(=O)c1ccc(Br)cc1. The van der Waals surface area contributed by atoms with Gasteiger partial charge in [-0.25, -0.2) is 8.42 Å². The first kappa shape index (κ1) is 15.8. The van der Waals surface area contributed by atoms with Crippen LogP contribution in [0.1, 0.15) is 13.8 Å². The molecule has 1 aromatic rings. The van der Waals surface area contributed by atoms with Crippen LogP contribution < -0.4 is 0 Å². The summed E-state index contributed by atoms with van der Waals surface area (Å²) in [4.78, 5) is 0.242. The molecule has 0 aromatic heterocycles. The van der Waals surface area contributed by atoms with Gasteiger partial charge in [0.15, 0.2) is 0 Å². The Morgan fingerprint density at radius 3 is 1.95 bits per heavy atom. The first-order valence-electron chi connectivity index (χ1n) is 5.57. The van der Waals surface area contributed by atoms with Gasteiger partial charge in [-0.1, -0.05) is 27.8 Å². The first-order chi connectivity index (χ1) is 9.02. The van der Waals surface area contributed by atoms with Crippen molar-refractivity contribution < 1.29 is 8.42 Å². The molecule has 1 rings (SSSR count). The zero-order valence-corrected chi connectivity index (χ0v) is 13.2. The fraction of sp³-hybridized carbons (Fsp3) is 0.286. The summed E-state index contributed by atoms with van der Waals surface area (Å²) >= 11 is 3.28. The molecule has 0 saturated heterocycles. The Morgan fingerprint density at radius 2 is 1.53 bits per heavy atom. The summed E-state index contributed by atoms with van der Waals surface area (Å²) in [5, 5.41) is 0. The van der Waals surface area contributed by atoms with E-state index in [9.17, 15) is 8.42 Å². The number of benzene rings is 1. The lowest BCUT2D eigenvalue weighted by Gasteiger charge is -2.17. The highest BCUT2D eigenvalue weighted by molar-refractivity contribution is 9.10. The Hall–Kier alpha value is -1.27. The van der Waals surface area contributed by atoms with Crippen LogP contribution in [-0.4, -0.2) is 25.8 Å². The standard InChI is InChI=1S/C14H14BrNO2S/c1-3-5-11-16(12-6-4-2)19(17,18)14-9-7-13(15)8-10-14/h7-10H,11-12H2,1-2H3. The molecule has 3 nitrogen and oxygen atoms in total. The highest BCUT2D eigenvalue weighted by atomic mass is 79.9. The van der Waals surface area contributed by atoms with Gasteiger partial charge in [0, 0.05) is 4.47 Å². The minimum Gasteiger partial charge on any atom is -0.207 e. The number of hydrogen-bond donors (Lipinski definition) is 0. The van der Waals surface area contributed by atoms with Crippen molar-refractivity contribution in [2.24, 2.45) is 0 Å². The molecule has 0 aliphatic carbocycles. The maximum Gasteiger partial charge on any atom is 0.244 e. The Morgan fingerprint density at radius 1 is 1.05 bits per heavy atom. The Labute approximate surface area is 123 Å². The van der Waals surface area contributed by atoms with E-state index in [1.54, 1.807) is 38.1 Å². The average molecular weight is 340 g/mol. The van der Waals surface area contributed by atoms with Crippen molar-refractivity contribution in [2.75, 3.05) is 13.1 Å². The number of hydrogen-bond acceptors (Lipinski definition) is 2. The van der Waals surface area contributed by atoms with Gasteiger partial charge in [0.2, 0.25) is 10.0 Å². The van der Waals surface area contributed by atoms with E-state index in [4.69, 9.17) is 0 Å². The normalized spacial score (nSPS) is 10.3.